The molecule has 0 unspecified atom stereocenters. The summed E-state index contributed by atoms with van der Waals surface area (Å²) in [6, 6.07) is 1.51. The topological polar surface area (TPSA) is 57.8 Å². The predicted molar refractivity (Wildman–Crippen MR) is 33.3 cm³/mol. The lowest BCUT2D eigenvalue weighted by Crippen LogP contribution is -1.92. The van der Waals surface area contributed by atoms with Gasteiger partial charge in [0.2, 0.25) is 6.41 Å². The average Bonchev–Trinajstić information content (AvgIpc) is 2.17. The van der Waals surface area contributed by atoms with Crippen LogP contribution < -0.4 is 5.32 Å². The summed E-state index contributed by atoms with van der Waals surface area (Å²) in [5.74, 6) is 0.426. The number of H-pyrrole nitrogens is 1. The van der Waals surface area contributed by atoms with Crippen LogP contribution in [0, 0.1) is 0 Å². The van der Waals surface area contributed by atoms with E-state index in [0.29, 0.717) is 17.4 Å². The molecule has 48 valence electrons. The molecular weight excluding hydrogens is 142 g/mol. The zero-order chi connectivity index (χ0) is 6.69. The van der Waals surface area contributed by atoms with E-state index in [-0.39, 0.29) is 0 Å². The SMILES string of the molecule is O=CNc1cc(Cl)[nH]n1. The van der Waals surface area contributed by atoms with Crippen molar-refractivity contribution in [1.82, 2.24) is 10.2 Å². The number of nitrogens with zero attached hydrogens (tertiary/aromatic N) is 1. The Kier molecular flexibility index (Phi) is 1.69. The van der Waals surface area contributed by atoms with Gasteiger partial charge in [-0.3, -0.25) is 9.89 Å². The van der Waals surface area contributed by atoms with Crippen molar-refractivity contribution >= 4 is 23.8 Å². The first-order valence-electron chi connectivity index (χ1n) is 2.24. The zero-order valence-corrected chi connectivity index (χ0v) is 5.14. The van der Waals surface area contributed by atoms with Gasteiger partial charge in [-0.15, -0.1) is 0 Å². The van der Waals surface area contributed by atoms with Crippen molar-refractivity contribution in [3.05, 3.63) is 11.2 Å². The fraction of sp³-hybridized carbons (Fsp3) is 0. The third-order valence-electron chi connectivity index (χ3n) is 0.753. The first-order valence-corrected chi connectivity index (χ1v) is 2.62. The molecule has 1 aromatic heterocycles. The van der Waals surface area contributed by atoms with Crippen molar-refractivity contribution in [2.75, 3.05) is 5.32 Å². The normalized spacial score (nSPS) is 9.00. The monoisotopic (exact) mass is 145 g/mol. The molecule has 1 amide bonds. The van der Waals surface area contributed by atoms with Crippen LogP contribution in [0.3, 0.4) is 0 Å². The first kappa shape index (κ1) is 6.10. The molecule has 1 heterocycles. The number of rotatable bonds is 2. The lowest BCUT2D eigenvalue weighted by Gasteiger charge is -1.83. The second-order valence-electron chi connectivity index (χ2n) is 1.36. The molecule has 0 aliphatic heterocycles. The van der Waals surface area contributed by atoms with E-state index in [1.165, 1.54) is 6.07 Å². The smallest absolute Gasteiger partial charge is 0.212 e. The molecule has 1 aromatic rings. The summed E-state index contributed by atoms with van der Waals surface area (Å²) >= 11 is 5.42. The zero-order valence-electron chi connectivity index (χ0n) is 4.39. The molecule has 0 aliphatic rings. The second kappa shape index (κ2) is 2.50. The van der Waals surface area contributed by atoms with Gasteiger partial charge < -0.3 is 5.32 Å². The van der Waals surface area contributed by atoms with E-state index >= 15 is 0 Å². The molecule has 2 N–H and O–H groups in total. The molecule has 0 aliphatic carbocycles. The van der Waals surface area contributed by atoms with Gasteiger partial charge in [-0.05, 0) is 0 Å². The molecule has 0 saturated heterocycles. The second-order valence-corrected chi connectivity index (χ2v) is 1.77. The van der Waals surface area contributed by atoms with Gasteiger partial charge in [0.1, 0.15) is 5.15 Å². The molecule has 0 atom stereocenters. The van der Waals surface area contributed by atoms with Crippen molar-refractivity contribution in [3.8, 4) is 0 Å². The fourth-order valence-corrected chi connectivity index (χ4v) is 0.578. The van der Waals surface area contributed by atoms with E-state index in [2.05, 4.69) is 15.5 Å². The highest BCUT2D eigenvalue weighted by Gasteiger charge is 1.93. The number of halogens is 1. The summed E-state index contributed by atoms with van der Waals surface area (Å²) in [4.78, 5) is 9.78. The van der Waals surface area contributed by atoms with Crippen molar-refractivity contribution in [2.45, 2.75) is 0 Å². The van der Waals surface area contributed by atoms with Gasteiger partial charge in [-0.25, -0.2) is 0 Å². The summed E-state index contributed by atoms with van der Waals surface area (Å²) in [6.45, 7) is 0. The Morgan fingerprint density at radius 3 is 3.11 bits per heavy atom. The van der Waals surface area contributed by atoms with E-state index in [0.717, 1.165) is 0 Å². The minimum absolute atomic E-state index is 0.402. The van der Waals surface area contributed by atoms with Crippen molar-refractivity contribution in [1.29, 1.82) is 0 Å². The Balaban J connectivity index is 2.72. The average molecular weight is 146 g/mol. The largest absolute Gasteiger partial charge is 0.312 e. The quantitative estimate of drug-likeness (QED) is 0.600. The maximum absolute atomic E-state index is 9.78. The Morgan fingerprint density at radius 1 is 1.89 bits per heavy atom. The highest BCUT2D eigenvalue weighted by atomic mass is 35.5. The number of carbonyl (C=O) groups is 1. The summed E-state index contributed by atoms with van der Waals surface area (Å²) in [5, 5.41) is 8.78. The molecule has 1 rings (SSSR count). The first-order chi connectivity index (χ1) is 4.33. The molecule has 9 heavy (non-hydrogen) atoms. The fourth-order valence-electron chi connectivity index (χ4n) is 0.433. The van der Waals surface area contributed by atoms with Crippen LogP contribution in [0.4, 0.5) is 5.82 Å². The van der Waals surface area contributed by atoms with Crippen LogP contribution in [0.1, 0.15) is 0 Å². The van der Waals surface area contributed by atoms with Crippen LogP contribution in [0.25, 0.3) is 0 Å². The van der Waals surface area contributed by atoms with Gasteiger partial charge in [0.25, 0.3) is 0 Å². The number of aromatic amines is 1. The van der Waals surface area contributed by atoms with Gasteiger partial charge in [0.05, 0.1) is 0 Å². The number of nitrogens with one attached hydrogen (secondary N) is 2. The molecule has 0 spiro atoms. The molecule has 0 radical (unpaired) electrons. The Bertz CT molecular complexity index is 209. The highest BCUT2D eigenvalue weighted by molar-refractivity contribution is 6.29. The summed E-state index contributed by atoms with van der Waals surface area (Å²) in [6.07, 6.45) is 0.534. The number of hydrogen-bond donors (Lipinski definition) is 2. The molecule has 5 heteroatoms. The minimum atomic E-state index is 0.402. The van der Waals surface area contributed by atoms with Crippen molar-refractivity contribution < 1.29 is 4.79 Å². The third-order valence-corrected chi connectivity index (χ3v) is 0.947. The van der Waals surface area contributed by atoms with E-state index < -0.39 is 0 Å². The molecule has 4 nitrogen and oxygen atoms in total. The standard InChI is InChI=1S/C4H4ClN3O/c5-3-1-4(6-2-9)8-7-3/h1-2H,(H2,6,7,8,9). The molecule has 0 fully saturated rings. The van der Waals surface area contributed by atoms with Crippen molar-refractivity contribution in [3.63, 3.8) is 0 Å². The number of aromatic nitrogens is 2. The lowest BCUT2D eigenvalue weighted by molar-refractivity contribution is -0.105. The minimum Gasteiger partial charge on any atom is -0.312 e. The molecular formula is C4H4ClN3O. The highest BCUT2D eigenvalue weighted by Crippen LogP contribution is 2.08. The van der Waals surface area contributed by atoms with Gasteiger partial charge >= 0.3 is 0 Å². The maximum Gasteiger partial charge on any atom is 0.212 e. The Labute approximate surface area is 56.2 Å². The Hall–Kier alpha value is -1.03. The van der Waals surface area contributed by atoms with Crippen LogP contribution in [-0.4, -0.2) is 16.6 Å². The summed E-state index contributed by atoms with van der Waals surface area (Å²) in [7, 11) is 0. The lowest BCUT2D eigenvalue weighted by atomic mass is 10.6. The van der Waals surface area contributed by atoms with E-state index in [9.17, 15) is 4.79 Å². The predicted octanol–water partition coefficient (Wildman–Crippen LogP) is 0.631. The number of hydrogen-bond acceptors (Lipinski definition) is 2. The van der Waals surface area contributed by atoms with E-state index in [4.69, 9.17) is 11.6 Å². The Morgan fingerprint density at radius 2 is 2.67 bits per heavy atom. The van der Waals surface area contributed by atoms with E-state index in [1.54, 1.807) is 0 Å². The van der Waals surface area contributed by atoms with Crippen LogP contribution in [0.5, 0.6) is 0 Å². The van der Waals surface area contributed by atoms with Crippen molar-refractivity contribution in [2.24, 2.45) is 0 Å². The molecule has 0 saturated carbocycles. The van der Waals surface area contributed by atoms with Crippen LogP contribution >= 0.6 is 11.6 Å². The van der Waals surface area contributed by atoms with Gasteiger partial charge in [-0.2, -0.15) is 5.10 Å². The number of carbonyl (C=O) groups excluding carboxylic acids is 1. The van der Waals surface area contributed by atoms with Gasteiger partial charge in [0, 0.05) is 6.07 Å². The van der Waals surface area contributed by atoms with E-state index in [1.807, 2.05) is 0 Å². The number of amides is 1. The van der Waals surface area contributed by atoms with Gasteiger partial charge in [-0.1, -0.05) is 11.6 Å². The van der Waals surface area contributed by atoms with Crippen LogP contribution in [0.2, 0.25) is 5.15 Å². The number of anilines is 1. The maximum atomic E-state index is 9.78. The van der Waals surface area contributed by atoms with Gasteiger partial charge in [0.15, 0.2) is 5.82 Å². The summed E-state index contributed by atoms with van der Waals surface area (Å²) < 4.78 is 0. The summed E-state index contributed by atoms with van der Waals surface area (Å²) in [5.41, 5.74) is 0. The van der Waals surface area contributed by atoms with Crippen LogP contribution in [0.15, 0.2) is 6.07 Å². The third kappa shape index (κ3) is 1.43. The molecule has 0 bridgehead atoms. The van der Waals surface area contributed by atoms with Crippen LogP contribution in [-0.2, 0) is 4.79 Å². The molecule has 0 aromatic carbocycles.